The molecule has 0 aliphatic carbocycles. The van der Waals surface area contributed by atoms with E-state index in [9.17, 15) is 9.59 Å². The highest BCUT2D eigenvalue weighted by Gasteiger charge is 2.28. The zero-order valence-corrected chi connectivity index (χ0v) is 12.3. The molecule has 0 radical (unpaired) electrons. The Balaban J connectivity index is 2.05. The Hall–Kier alpha value is -1.84. The highest BCUT2D eigenvalue weighted by atomic mass is 16.2. The number of nitrogens with zero attached hydrogens (tertiary/aromatic N) is 1. The van der Waals surface area contributed by atoms with Gasteiger partial charge < -0.3 is 10.2 Å². The third kappa shape index (κ3) is 3.18. The lowest BCUT2D eigenvalue weighted by Crippen LogP contribution is -2.49. The average Bonchev–Trinajstić information content (AvgIpc) is 2.39. The number of urea groups is 1. The molecule has 20 heavy (non-hydrogen) atoms. The minimum absolute atomic E-state index is 0.0288. The van der Waals surface area contributed by atoms with Crippen LogP contribution in [0.15, 0.2) is 24.3 Å². The lowest BCUT2D eigenvalue weighted by atomic mass is 9.98. The first-order chi connectivity index (χ1) is 9.49. The van der Waals surface area contributed by atoms with Crippen LogP contribution in [0.25, 0.3) is 0 Å². The van der Waals surface area contributed by atoms with Crippen LogP contribution in [-0.4, -0.2) is 28.8 Å². The molecule has 1 heterocycles. The molecule has 0 aromatic heterocycles. The molecule has 0 saturated carbocycles. The van der Waals surface area contributed by atoms with E-state index in [0.29, 0.717) is 5.56 Å². The largest absolute Gasteiger partial charge is 0.322 e. The van der Waals surface area contributed by atoms with E-state index in [0.717, 1.165) is 18.5 Å². The molecule has 0 bridgehead atoms. The van der Waals surface area contributed by atoms with Crippen LogP contribution < -0.4 is 5.32 Å². The van der Waals surface area contributed by atoms with Crippen molar-refractivity contribution >= 4 is 17.5 Å². The molecule has 2 rings (SSSR count). The van der Waals surface area contributed by atoms with Gasteiger partial charge >= 0.3 is 6.03 Å². The normalized spacial score (nSPS) is 22.4. The van der Waals surface area contributed by atoms with Crippen molar-refractivity contribution in [2.24, 2.45) is 0 Å². The van der Waals surface area contributed by atoms with Gasteiger partial charge in [0.05, 0.1) is 0 Å². The minimum Gasteiger partial charge on any atom is -0.319 e. The average molecular weight is 274 g/mol. The van der Waals surface area contributed by atoms with E-state index in [2.05, 4.69) is 19.2 Å². The molecule has 1 N–H and O–H groups in total. The molecule has 1 fully saturated rings. The fourth-order valence-corrected chi connectivity index (χ4v) is 2.80. The molecular formula is C16H22N2O2. The van der Waals surface area contributed by atoms with Gasteiger partial charge in [-0.05, 0) is 64.3 Å². The monoisotopic (exact) mass is 274 g/mol. The zero-order chi connectivity index (χ0) is 14.7. The van der Waals surface area contributed by atoms with Crippen molar-refractivity contribution in [2.45, 2.75) is 52.1 Å². The molecule has 4 heteroatoms. The number of hydrogen-bond donors (Lipinski definition) is 1. The first kappa shape index (κ1) is 14.6. The van der Waals surface area contributed by atoms with Crippen molar-refractivity contribution in [1.29, 1.82) is 0 Å². The van der Waals surface area contributed by atoms with E-state index in [-0.39, 0.29) is 23.9 Å². The number of ketones is 1. The summed E-state index contributed by atoms with van der Waals surface area (Å²) in [5.74, 6) is 0.0288. The van der Waals surface area contributed by atoms with Gasteiger partial charge in [0.2, 0.25) is 0 Å². The number of anilines is 1. The Morgan fingerprint density at radius 3 is 2.15 bits per heavy atom. The van der Waals surface area contributed by atoms with Crippen LogP contribution in [0.5, 0.6) is 0 Å². The number of carbonyl (C=O) groups excluding carboxylic acids is 2. The zero-order valence-electron chi connectivity index (χ0n) is 12.3. The molecule has 4 nitrogen and oxygen atoms in total. The second kappa shape index (κ2) is 6.07. The Morgan fingerprint density at radius 2 is 1.65 bits per heavy atom. The van der Waals surface area contributed by atoms with Crippen molar-refractivity contribution in [3.05, 3.63) is 29.8 Å². The maximum atomic E-state index is 12.4. The van der Waals surface area contributed by atoms with Crippen LogP contribution >= 0.6 is 0 Å². The number of amides is 2. The minimum atomic E-state index is -0.0553. The summed E-state index contributed by atoms with van der Waals surface area (Å²) in [5.41, 5.74) is 1.38. The molecular weight excluding hydrogens is 252 g/mol. The van der Waals surface area contributed by atoms with Crippen molar-refractivity contribution in [3.8, 4) is 0 Å². The molecule has 1 aromatic carbocycles. The van der Waals surface area contributed by atoms with Gasteiger partial charge in [0.1, 0.15) is 0 Å². The summed E-state index contributed by atoms with van der Waals surface area (Å²) >= 11 is 0. The number of benzene rings is 1. The number of carbonyl (C=O) groups is 2. The van der Waals surface area contributed by atoms with Gasteiger partial charge in [0, 0.05) is 23.3 Å². The Labute approximate surface area is 120 Å². The number of piperidine rings is 1. The van der Waals surface area contributed by atoms with E-state index < -0.39 is 0 Å². The van der Waals surface area contributed by atoms with Crippen LogP contribution in [0.2, 0.25) is 0 Å². The number of rotatable bonds is 2. The Morgan fingerprint density at radius 1 is 1.10 bits per heavy atom. The maximum absolute atomic E-state index is 12.4. The van der Waals surface area contributed by atoms with Gasteiger partial charge in [-0.25, -0.2) is 4.79 Å². The number of likely N-dealkylation sites (tertiary alicyclic amines) is 1. The van der Waals surface area contributed by atoms with E-state index >= 15 is 0 Å². The predicted octanol–water partition coefficient (Wildman–Crippen LogP) is 3.68. The van der Waals surface area contributed by atoms with Crippen LogP contribution in [0, 0.1) is 0 Å². The van der Waals surface area contributed by atoms with Gasteiger partial charge in [-0.3, -0.25) is 4.79 Å². The quantitative estimate of drug-likeness (QED) is 0.836. The highest BCUT2D eigenvalue weighted by Crippen LogP contribution is 2.23. The second-order valence-corrected chi connectivity index (χ2v) is 5.60. The van der Waals surface area contributed by atoms with Gasteiger partial charge in [-0.1, -0.05) is 0 Å². The Kier molecular flexibility index (Phi) is 4.42. The van der Waals surface area contributed by atoms with Gasteiger partial charge in [0.25, 0.3) is 0 Å². The summed E-state index contributed by atoms with van der Waals surface area (Å²) in [4.78, 5) is 25.5. The molecule has 1 aromatic rings. The molecule has 2 amide bonds. The van der Waals surface area contributed by atoms with Crippen molar-refractivity contribution in [3.63, 3.8) is 0 Å². The summed E-state index contributed by atoms with van der Waals surface area (Å²) in [5, 5.41) is 2.91. The molecule has 1 aliphatic rings. The standard InChI is InChI=1S/C16H22N2O2/c1-11-5-4-6-12(2)18(11)16(20)17-15-9-7-14(8-10-15)13(3)19/h7-12H,4-6H2,1-3H3,(H,17,20)/t11-,12+. The molecule has 108 valence electrons. The van der Waals surface area contributed by atoms with Crippen LogP contribution in [0.4, 0.5) is 10.5 Å². The highest BCUT2D eigenvalue weighted by molar-refractivity contribution is 5.95. The van der Waals surface area contributed by atoms with Crippen molar-refractivity contribution < 1.29 is 9.59 Å². The fourth-order valence-electron chi connectivity index (χ4n) is 2.80. The van der Waals surface area contributed by atoms with Gasteiger partial charge in [-0.15, -0.1) is 0 Å². The summed E-state index contributed by atoms with van der Waals surface area (Å²) in [6.07, 6.45) is 3.29. The third-order valence-corrected chi connectivity index (χ3v) is 3.97. The first-order valence-corrected chi connectivity index (χ1v) is 7.19. The lowest BCUT2D eigenvalue weighted by Gasteiger charge is -2.38. The van der Waals surface area contributed by atoms with Gasteiger partial charge in [0.15, 0.2) is 5.78 Å². The molecule has 2 atom stereocenters. The van der Waals surface area contributed by atoms with E-state index in [1.165, 1.54) is 13.3 Å². The van der Waals surface area contributed by atoms with Gasteiger partial charge in [-0.2, -0.15) is 0 Å². The van der Waals surface area contributed by atoms with E-state index in [1.54, 1.807) is 24.3 Å². The maximum Gasteiger partial charge on any atom is 0.322 e. The fraction of sp³-hybridized carbons (Fsp3) is 0.500. The first-order valence-electron chi connectivity index (χ1n) is 7.19. The Bertz CT molecular complexity index is 486. The number of nitrogens with one attached hydrogen (secondary N) is 1. The van der Waals surface area contributed by atoms with Crippen LogP contribution in [-0.2, 0) is 0 Å². The molecule has 1 saturated heterocycles. The smallest absolute Gasteiger partial charge is 0.319 e. The van der Waals surface area contributed by atoms with E-state index in [1.807, 2.05) is 4.90 Å². The van der Waals surface area contributed by atoms with Crippen LogP contribution in [0.3, 0.4) is 0 Å². The summed E-state index contributed by atoms with van der Waals surface area (Å²) in [7, 11) is 0. The number of Topliss-reactive ketones (excluding diaryl/α,β-unsaturated/α-hetero) is 1. The molecule has 0 unspecified atom stereocenters. The van der Waals surface area contributed by atoms with Crippen LogP contribution in [0.1, 0.15) is 50.4 Å². The number of hydrogen-bond acceptors (Lipinski definition) is 2. The summed E-state index contributed by atoms with van der Waals surface area (Å²) < 4.78 is 0. The predicted molar refractivity (Wildman–Crippen MR) is 80.1 cm³/mol. The van der Waals surface area contributed by atoms with Crippen molar-refractivity contribution in [2.75, 3.05) is 5.32 Å². The van der Waals surface area contributed by atoms with Crippen molar-refractivity contribution in [1.82, 2.24) is 4.90 Å². The third-order valence-electron chi connectivity index (χ3n) is 3.97. The SMILES string of the molecule is CC(=O)c1ccc(NC(=O)N2[C@H](C)CCC[C@@H]2C)cc1. The summed E-state index contributed by atoms with van der Waals surface area (Å²) in [6.45, 7) is 5.72. The molecule has 0 spiro atoms. The topological polar surface area (TPSA) is 49.4 Å². The van der Waals surface area contributed by atoms with E-state index in [4.69, 9.17) is 0 Å². The lowest BCUT2D eigenvalue weighted by molar-refractivity contribution is 0.101. The summed E-state index contributed by atoms with van der Waals surface area (Å²) in [6, 6.07) is 7.51. The second-order valence-electron chi connectivity index (χ2n) is 5.60. The molecule has 1 aliphatic heterocycles.